The monoisotopic (exact) mass is 209 g/mol. The molecule has 1 atom stereocenters. The highest BCUT2D eigenvalue weighted by atomic mass is 16.5. The highest BCUT2D eigenvalue weighted by Gasteiger charge is 2.21. The molecule has 0 bridgehead atoms. The summed E-state index contributed by atoms with van der Waals surface area (Å²) in [4.78, 5) is 4.16. The molecule has 0 aliphatic heterocycles. The topological polar surface area (TPSA) is 51.0 Å². The molecule has 2 rings (SSSR count). The minimum absolute atomic E-state index is 0.435. The molecule has 4 nitrogen and oxygen atoms in total. The summed E-state index contributed by atoms with van der Waals surface area (Å²) in [5.41, 5.74) is 0. The normalized spacial score (nSPS) is 20.1. The molecule has 1 aromatic heterocycles. The SMILES string of the molecule is Cc1noc(NC(C)C2CCCCC2)n1. The molecule has 1 N–H and O–H groups in total. The standard InChI is InChI=1S/C11H19N3O/c1-8(10-6-4-3-5-7-10)12-11-13-9(2)14-15-11/h8,10H,3-7H2,1-2H3,(H,12,13,14). The molecule has 1 fully saturated rings. The van der Waals surface area contributed by atoms with Crippen LogP contribution in [0, 0.1) is 12.8 Å². The highest BCUT2D eigenvalue weighted by Crippen LogP contribution is 2.27. The number of nitrogens with one attached hydrogen (secondary N) is 1. The summed E-state index contributed by atoms with van der Waals surface area (Å²) in [6.45, 7) is 4.04. The molecule has 84 valence electrons. The number of aryl methyl sites for hydroxylation is 1. The predicted molar refractivity (Wildman–Crippen MR) is 58.7 cm³/mol. The van der Waals surface area contributed by atoms with Crippen molar-refractivity contribution in [3.05, 3.63) is 5.82 Å². The summed E-state index contributed by atoms with van der Waals surface area (Å²) in [5, 5.41) is 7.06. The van der Waals surface area contributed by atoms with Gasteiger partial charge in [-0.05, 0) is 32.6 Å². The van der Waals surface area contributed by atoms with E-state index in [4.69, 9.17) is 4.52 Å². The van der Waals surface area contributed by atoms with E-state index < -0.39 is 0 Å². The molecule has 0 radical (unpaired) electrons. The van der Waals surface area contributed by atoms with Gasteiger partial charge in [0.15, 0.2) is 5.82 Å². The van der Waals surface area contributed by atoms with Gasteiger partial charge in [-0.2, -0.15) is 4.98 Å². The van der Waals surface area contributed by atoms with Crippen molar-refractivity contribution in [2.24, 2.45) is 5.92 Å². The van der Waals surface area contributed by atoms with Crippen LogP contribution >= 0.6 is 0 Å². The van der Waals surface area contributed by atoms with Gasteiger partial charge in [-0.15, -0.1) is 0 Å². The summed E-state index contributed by atoms with van der Waals surface area (Å²) in [6.07, 6.45) is 6.75. The van der Waals surface area contributed by atoms with Crippen molar-refractivity contribution in [3.63, 3.8) is 0 Å². The lowest BCUT2D eigenvalue weighted by atomic mass is 9.85. The molecule has 0 amide bonds. The van der Waals surface area contributed by atoms with E-state index in [1.807, 2.05) is 6.92 Å². The lowest BCUT2D eigenvalue weighted by Crippen LogP contribution is -2.27. The van der Waals surface area contributed by atoms with Gasteiger partial charge in [-0.1, -0.05) is 24.4 Å². The Hall–Kier alpha value is -1.06. The number of hydrogen-bond donors (Lipinski definition) is 1. The predicted octanol–water partition coefficient (Wildman–Crippen LogP) is 2.76. The number of nitrogens with zero attached hydrogens (tertiary/aromatic N) is 2. The van der Waals surface area contributed by atoms with Crippen molar-refractivity contribution in [3.8, 4) is 0 Å². The van der Waals surface area contributed by atoms with Crippen molar-refractivity contribution in [2.75, 3.05) is 5.32 Å². The van der Waals surface area contributed by atoms with Gasteiger partial charge in [-0.25, -0.2) is 0 Å². The molecule has 1 heterocycles. The van der Waals surface area contributed by atoms with Gasteiger partial charge in [0, 0.05) is 6.04 Å². The molecule has 1 aliphatic carbocycles. The van der Waals surface area contributed by atoms with Crippen LogP contribution in [0.4, 0.5) is 6.01 Å². The Balaban J connectivity index is 1.88. The minimum atomic E-state index is 0.435. The van der Waals surface area contributed by atoms with Gasteiger partial charge >= 0.3 is 6.01 Å². The fraction of sp³-hybridized carbons (Fsp3) is 0.818. The van der Waals surface area contributed by atoms with Crippen LogP contribution in [0.25, 0.3) is 0 Å². The first-order valence-corrected chi connectivity index (χ1v) is 5.82. The molecule has 15 heavy (non-hydrogen) atoms. The minimum Gasteiger partial charge on any atom is -0.335 e. The number of anilines is 1. The van der Waals surface area contributed by atoms with Gasteiger partial charge in [0.25, 0.3) is 0 Å². The van der Waals surface area contributed by atoms with Gasteiger partial charge in [0.05, 0.1) is 0 Å². The molecule has 1 saturated carbocycles. The van der Waals surface area contributed by atoms with Crippen LogP contribution in [-0.2, 0) is 0 Å². The molecular weight excluding hydrogens is 190 g/mol. The van der Waals surface area contributed by atoms with Crippen LogP contribution in [-0.4, -0.2) is 16.2 Å². The van der Waals surface area contributed by atoms with Gasteiger partial charge in [-0.3, -0.25) is 0 Å². The first-order valence-electron chi connectivity index (χ1n) is 5.82. The smallest absolute Gasteiger partial charge is 0.321 e. The van der Waals surface area contributed by atoms with E-state index in [1.54, 1.807) is 0 Å². The molecule has 1 unspecified atom stereocenters. The summed E-state index contributed by atoms with van der Waals surface area (Å²) in [5.74, 6) is 1.44. The average Bonchev–Trinajstić information content (AvgIpc) is 2.65. The van der Waals surface area contributed by atoms with Crippen LogP contribution in [0.2, 0.25) is 0 Å². The van der Waals surface area contributed by atoms with Crippen molar-refractivity contribution in [1.82, 2.24) is 10.1 Å². The summed E-state index contributed by atoms with van der Waals surface area (Å²) < 4.78 is 5.05. The Bertz CT molecular complexity index is 305. The molecule has 1 aromatic rings. The first kappa shape index (κ1) is 10.5. The van der Waals surface area contributed by atoms with E-state index in [-0.39, 0.29) is 0 Å². The van der Waals surface area contributed by atoms with Gasteiger partial charge in [0.1, 0.15) is 0 Å². The molecule has 0 saturated heterocycles. The summed E-state index contributed by atoms with van der Waals surface area (Å²) in [6, 6.07) is 0.996. The van der Waals surface area contributed by atoms with E-state index in [0.717, 1.165) is 5.92 Å². The number of aromatic nitrogens is 2. The molecule has 1 aliphatic rings. The van der Waals surface area contributed by atoms with Crippen molar-refractivity contribution in [2.45, 2.75) is 52.0 Å². The fourth-order valence-electron chi connectivity index (χ4n) is 2.30. The zero-order chi connectivity index (χ0) is 10.7. The molecular formula is C11H19N3O. The second-order valence-corrected chi connectivity index (χ2v) is 4.48. The molecule has 4 heteroatoms. The lowest BCUT2D eigenvalue weighted by Gasteiger charge is -2.27. The Labute approximate surface area is 90.4 Å². The van der Waals surface area contributed by atoms with E-state index >= 15 is 0 Å². The Morgan fingerprint density at radius 1 is 1.33 bits per heavy atom. The van der Waals surface area contributed by atoms with Crippen LogP contribution in [0.15, 0.2) is 4.52 Å². The van der Waals surface area contributed by atoms with Crippen LogP contribution in [0.5, 0.6) is 0 Å². The maximum absolute atomic E-state index is 5.05. The number of rotatable bonds is 3. The van der Waals surface area contributed by atoms with Gasteiger partial charge < -0.3 is 9.84 Å². The number of hydrogen-bond acceptors (Lipinski definition) is 4. The van der Waals surface area contributed by atoms with E-state index in [2.05, 4.69) is 22.4 Å². The molecule has 0 spiro atoms. The van der Waals surface area contributed by atoms with Gasteiger partial charge in [0.2, 0.25) is 0 Å². The van der Waals surface area contributed by atoms with Crippen molar-refractivity contribution < 1.29 is 4.52 Å². The zero-order valence-electron chi connectivity index (χ0n) is 9.49. The Kier molecular flexibility index (Phi) is 3.23. The van der Waals surface area contributed by atoms with Crippen molar-refractivity contribution >= 4 is 6.01 Å². The third kappa shape index (κ3) is 2.70. The second kappa shape index (κ2) is 4.64. The summed E-state index contributed by atoms with van der Waals surface area (Å²) >= 11 is 0. The first-order chi connectivity index (χ1) is 7.25. The van der Waals surface area contributed by atoms with E-state index in [1.165, 1.54) is 32.1 Å². The molecule has 0 aromatic carbocycles. The van der Waals surface area contributed by atoms with E-state index in [9.17, 15) is 0 Å². The van der Waals surface area contributed by atoms with Crippen molar-refractivity contribution in [1.29, 1.82) is 0 Å². The van der Waals surface area contributed by atoms with Crippen LogP contribution < -0.4 is 5.32 Å². The van der Waals surface area contributed by atoms with E-state index in [0.29, 0.717) is 17.9 Å². The summed E-state index contributed by atoms with van der Waals surface area (Å²) in [7, 11) is 0. The Morgan fingerprint density at radius 3 is 2.67 bits per heavy atom. The third-order valence-electron chi connectivity index (χ3n) is 3.24. The maximum Gasteiger partial charge on any atom is 0.321 e. The highest BCUT2D eigenvalue weighted by molar-refractivity contribution is 5.20. The van der Waals surface area contributed by atoms with Crippen LogP contribution in [0.3, 0.4) is 0 Å². The lowest BCUT2D eigenvalue weighted by molar-refractivity contribution is 0.321. The quantitative estimate of drug-likeness (QED) is 0.831. The Morgan fingerprint density at radius 2 is 2.07 bits per heavy atom. The second-order valence-electron chi connectivity index (χ2n) is 4.48. The largest absolute Gasteiger partial charge is 0.335 e. The maximum atomic E-state index is 5.05. The average molecular weight is 209 g/mol. The zero-order valence-corrected chi connectivity index (χ0v) is 9.49. The fourth-order valence-corrected chi connectivity index (χ4v) is 2.30. The third-order valence-corrected chi connectivity index (χ3v) is 3.24. The van der Waals surface area contributed by atoms with Crippen LogP contribution in [0.1, 0.15) is 44.9 Å².